The Hall–Kier alpha value is -0.610. The molecule has 1 rings (SSSR count). The highest BCUT2D eigenvalue weighted by molar-refractivity contribution is 5.75. The van der Waals surface area contributed by atoms with Crippen LogP contribution in [-0.4, -0.2) is 30.7 Å². The van der Waals surface area contributed by atoms with Crippen molar-refractivity contribution in [2.75, 3.05) is 19.6 Å². The number of hydrogen-bond acceptors (Lipinski definition) is 4. The molecule has 0 aromatic carbocycles. The maximum atomic E-state index is 11.7. The van der Waals surface area contributed by atoms with Crippen molar-refractivity contribution in [3.8, 4) is 0 Å². The average molecular weight is 228 g/mol. The van der Waals surface area contributed by atoms with E-state index in [0.29, 0.717) is 5.92 Å². The minimum atomic E-state index is -0.423. The predicted molar refractivity (Wildman–Crippen MR) is 63.5 cm³/mol. The maximum absolute atomic E-state index is 11.7. The topological polar surface area (TPSA) is 55.6 Å². The van der Waals surface area contributed by atoms with E-state index in [1.54, 1.807) is 5.06 Å². The second-order valence-electron chi connectivity index (χ2n) is 5.58. The number of nitrogens with two attached hydrogens (primary N) is 1. The molecule has 2 N–H and O–H groups in total. The van der Waals surface area contributed by atoms with Crippen LogP contribution in [0.25, 0.3) is 0 Å². The lowest BCUT2D eigenvalue weighted by Crippen LogP contribution is -2.39. The third-order valence-electron chi connectivity index (χ3n) is 2.97. The van der Waals surface area contributed by atoms with Gasteiger partial charge in [-0.1, -0.05) is 0 Å². The second kappa shape index (κ2) is 5.64. The van der Waals surface area contributed by atoms with Crippen molar-refractivity contribution in [3.05, 3.63) is 0 Å². The van der Waals surface area contributed by atoms with Crippen molar-refractivity contribution < 1.29 is 9.63 Å². The molecular formula is C12H24N2O2. The Balaban J connectivity index is 2.30. The van der Waals surface area contributed by atoms with Gasteiger partial charge in [-0.3, -0.25) is 0 Å². The highest BCUT2D eigenvalue weighted by Gasteiger charge is 2.28. The molecule has 1 heterocycles. The molecule has 0 spiro atoms. The number of hydroxylamine groups is 2. The SMILES string of the molecule is CC(C)(C)C(=O)ON1CCC(CCN)CC1. The lowest BCUT2D eigenvalue weighted by molar-refractivity contribution is -0.206. The summed E-state index contributed by atoms with van der Waals surface area (Å²) in [5.41, 5.74) is 5.11. The molecule has 0 bridgehead atoms. The first-order chi connectivity index (χ1) is 7.43. The van der Waals surface area contributed by atoms with Crippen molar-refractivity contribution in [1.82, 2.24) is 5.06 Å². The van der Waals surface area contributed by atoms with Crippen molar-refractivity contribution in [2.45, 2.75) is 40.0 Å². The highest BCUT2D eigenvalue weighted by atomic mass is 16.7. The molecule has 0 atom stereocenters. The summed E-state index contributed by atoms with van der Waals surface area (Å²) in [5.74, 6) is 0.555. The fourth-order valence-electron chi connectivity index (χ4n) is 1.78. The van der Waals surface area contributed by atoms with Crippen LogP contribution in [0.1, 0.15) is 40.0 Å². The first-order valence-electron chi connectivity index (χ1n) is 6.11. The van der Waals surface area contributed by atoms with E-state index >= 15 is 0 Å². The molecule has 1 saturated heterocycles. The summed E-state index contributed by atoms with van der Waals surface area (Å²) >= 11 is 0. The standard InChI is InChI=1S/C12H24N2O2/c1-12(2,3)11(15)16-14-8-5-10(4-7-13)6-9-14/h10H,4-9,13H2,1-3H3. The molecule has 0 aliphatic carbocycles. The molecule has 0 radical (unpaired) electrons. The second-order valence-corrected chi connectivity index (χ2v) is 5.58. The minimum absolute atomic E-state index is 0.148. The van der Waals surface area contributed by atoms with Crippen molar-refractivity contribution in [1.29, 1.82) is 0 Å². The summed E-state index contributed by atoms with van der Waals surface area (Å²) in [6, 6.07) is 0. The molecule has 16 heavy (non-hydrogen) atoms. The fraction of sp³-hybridized carbons (Fsp3) is 0.917. The lowest BCUT2D eigenvalue weighted by Gasteiger charge is -2.31. The Morgan fingerprint density at radius 1 is 1.38 bits per heavy atom. The van der Waals surface area contributed by atoms with Crippen LogP contribution in [0.2, 0.25) is 0 Å². The summed E-state index contributed by atoms with van der Waals surface area (Å²) in [4.78, 5) is 17.0. The van der Waals surface area contributed by atoms with Crippen LogP contribution >= 0.6 is 0 Å². The van der Waals surface area contributed by atoms with E-state index in [2.05, 4.69) is 0 Å². The smallest absolute Gasteiger partial charge is 0.330 e. The van der Waals surface area contributed by atoms with E-state index in [-0.39, 0.29) is 5.97 Å². The zero-order chi connectivity index (χ0) is 12.2. The van der Waals surface area contributed by atoms with Gasteiger partial charge >= 0.3 is 5.97 Å². The van der Waals surface area contributed by atoms with Gasteiger partial charge < -0.3 is 10.6 Å². The van der Waals surface area contributed by atoms with E-state index in [1.165, 1.54) is 0 Å². The van der Waals surface area contributed by atoms with Crippen LogP contribution in [0.5, 0.6) is 0 Å². The first kappa shape index (κ1) is 13.5. The molecule has 0 unspecified atom stereocenters. The number of carbonyl (C=O) groups is 1. The Labute approximate surface area is 98.1 Å². The molecule has 4 heteroatoms. The van der Waals surface area contributed by atoms with Gasteiger partial charge in [0.1, 0.15) is 0 Å². The van der Waals surface area contributed by atoms with E-state index in [9.17, 15) is 4.79 Å². The highest BCUT2D eigenvalue weighted by Crippen LogP contribution is 2.22. The number of hydrogen-bond donors (Lipinski definition) is 1. The lowest BCUT2D eigenvalue weighted by atomic mass is 9.94. The van der Waals surface area contributed by atoms with Gasteiger partial charge in [0, 0.05) is 13.1 Å². The average Bonchev–Trinajstić information content (AvgIpc) is 2.20. The number of nitrogens with zero attached hydrogens (tertiary/aromatic N) is 1. The number of rotatable bonds is 3. The van der Waals surface area contributed by atoms with Crippen LogP contribution < -0.4 is 5.73 Å². The Bertz CT molecular complexity index is 228. The Morgan fingerprint density at radius 2 is 1.94 bits per heavy atom. The molecular weight excluding hydrogens is 204 g/mol. The zero-order valence-electron chi connectivity index (χ0n) is 10.7. The maximum Gasteiger partial charge on any atom is 0.330 e. The van der Waals surface area contributed by atoms with E-state index in [4.69, 9.17) is 10.6 Å². The van der Waals surface area contributed by atoms with Crippen LogP contribution in [0, 0.1) is 11.3 Å². The molecule has 0 amide bonds. The normalized spacial score (nSPS) is 19.8. The van der Waals surface area contributed by atoms with Crippen LogP contribution in [0.15, 0.2) is 0 Å². The quantitative estimate of drug-likeness (QED) is 0.796. The monoisotopic (exact) mass is 228 g/mol. The van der Waals surface area contributed by atoms with Gasteiger partial charge in [-0.2, -0.15) is 0 Å². The third kappa shape index (κ3) is 4.10. The number of piperidine rings is 1. The van der Waals surface area contributed by atoms with Gasteiger partial charge in [-0.25, -0.2) is 4.79 Å². The van der Waals surface area contributed by atoms with Crippen molar-refractivity contribution >= 4 is 5.97 Å². The third-order valence-corrected chi connectivity index (χ3v) is 2.97. The molecule has 94 valence electrons. The van der Waals surface area contributed by atoms with Gasteiger partial charge in [0.15, 0.2) is 0 Å². The summed E-state index contributed by atoms with van der Waals surface area (Å²) in [6.45, 7) is 8.05. The van der Waals surface area contributed by atoms with E-state index in [0.717, 1.165) is 38.9 Å². The molecule has 0 aromatic heterocycles. The first-order valence-corrected chi connectivity index (χ1v) is 6.11. The Kier molecular flexibility index (Phi) is 4.74. The Morgan fingerprint density at radius 3 is 2.38 bits per heavy atom. The number of carbonyl (C=O) groups excluding carboxylic acids is 1. The fourth-order valence-corrected chi connectivity index (χ4v) is 1.78. The van der Waals surface area contributed by atoms with Gasteiger partial charge in [-0.05, 0) is 52.5 Å². The van der Waals surface area contributed by atoms with E-state index in [1.807, 2.05) is 20.8 Å². The molecule has 1 aliphatic rings. The van der Waals surface area contributed by atoms with Gasteiger partial charge in [0.25, 0.3) is 0 Å². The van der Waals surface area contributed by atoms with Crippen LogP contribution in [0.4, 0.5) is 0 Å². The summed E-state index contributed by atoms with van der Waals surface area (Å²) in [6.07, 6.45) is 3.24. The van der Waals surface area contributed by atoms with Gasteiger partial charge in [0.2, 0.25) is 0 Å². The minimum Gasteiger partial charge on any atom is -0.367 e. The molecule has 4 nitrogen and oxygen atoms in total. The van der Waals surface area contributed by atoms with Crippen LogP contribution in [-0.2, 0) is 9.63 Å². The predicted octanol–water partition coefficient (Wildman–Crippen LogP) is 1.55. The summed E-state index contributed by atoms with van der Waals surface area (Å²) in [5, 5.41) is 1.79. The summed E-state index contributed by atoms with van der Waals surface area (Å²) < 4.78 is 0. The summed E-state index contributed by atoms with van der Waals surface area (Å²) in [7, 11) is 0. The largest absolute Gasteiger partial charge is 0.367 e. The van der Waals surface area contributed by atoms with Gasteiger partial charge in [0.05, 0.1) is 5.41 Å². The van der Waals surface area contributed by atoms with Crippen LogP contribution in [0.3, 0.4) is 0 Å². The van der Waals surface area contributed by atoms with Crippen molar-refractivity contribution in [2.24, 2.45) is 17.1 Å². The van der Waals surface area contributed by atoms with Gasteiger partial charge in [-0.15, -0.1) is 5.06 Å². The molecule has 0 saturated carbocycles. The zero-order valence-corrected chi connectivity index (χ0v) is 10.7. The molecule has 0 aromatic rings. The molecule has 1 fully saturated rings. The van der Waals surface area contributed by atoms with Crippen molar-refractivity contribution in [3.63, 3.8) is 0 Å². The van der Waals surface area contributed by atoms with E-state index < -0.39 is 5.41 Å². The molecule has 1 aliphatic heterocycles.